The second-order valence-electron chi connectivity index (χ2n) is 4.92. The molecule has 108 valence electrons. The van der Waals surface area contributed by atoms with Gasteiger partial charge in [0.25, 0.3) is 5.91 Å². The topological polar surface area (TPSA) is 73.7 Å². The molecular formula is C13H16ClN3O3. The summed E-state index contributed by atoms with van der Waals surface area (Å²) in [6, 6.07) is 0.930. The third-order valence-corrected chi connectivity index (χ3v) is 3.56. The lowest BCUT2D eigenvalue weighted by molar-refractivity contribution is -0.138. The Hall–Kier alpha value is -1.82. The summed E-state index contributed by atoms with van der Waals surface area (Å²) in [5, 5.41) is 9.48. The number of hydrogen-bond donors (Lipinski definition) is 1. The van der Waals surface area contributed by atoms with E-state index in [1.807, 2.05) is 0 Å². The first kappa shape index (κ1) is 14.6. The zero-order valence-electron chi connectivity index (χ0n) is 11.3. The molecule has 1 aliphatic rings. The highest BCUT2D eigenvalue weighted by Crippen LogP contribution is 2.30. The van der Waals surface area contributed by atoms with Crippen LogP contribution in [0, 0.1) is 0 Å². The molecule has 0 saturated carbocycles. The molecule has 7 heteroatoms. The molecule has 1 saturated heterocycles. The highest BCUT2D eigenvalue weighted by atomic mass is 35.5. The molecule has 6 nitrogen and oxygen atoms in total. The maximum absolute atomic E-state index is 11.8. The van der Waals surface area contributed by atoms with Crippen molar-refractivity contribution in [1.82, 2.24) is 9.88 Å². The third-order valence-electron chi connectivity index (χ3n) is 3.28. The van der Waals surface area contributed by atoms with Gasteiger partial charge in [0.05, 0.1) is 10.6 Å². The van der Waals surface area contributed by atoms with E-state index in [4.69, 9.17) is 11.6 Å². The first-order chi connectivity index (χ1) is 9.41. The third kappa shape index (κ3) is 2.70. The fraction of sp³-hybridized carbons (Fsp3) is 0.462. The fourth-order valence-electron chi connectivity index (χ4n) is 2.29. The van der Waals surface area contributed by atoms with Crippen LogP contribution in [-0.2, 0) is 4.79 Å². The number of halogens is 1. The summed E-state index contributed by atoms with van der Waals surface area (Å²) < 4.78 is 0. The summed E-state index contributed by atoms with van der Waals surface area (Å²) in [5.74, 6) is -0.650. The smallest absolute Gasteiger partial charge is 0.326 e. The molecule has 1 amide bonds. The van der Waals surface area contributed by atoms with Crippen molar-refractivity contribution in [3.05, 3.63) is 22.8 Å². The zero-order chi connectivity index (χ0) is 14.9. The van der Waals surface area contributed by atoms with Gasteiger partial charge in [0.15, 0.2) is 0 Å². The molecule has 2 heterocycles. The van der Waals surface area contributed by atoms with Gasteiger partial charge in [-0.05, 0) is 18.9 Å². The number of carbonyl (C=O) groups excluding carboxylic acids is 1. The van der Waals surface area contributed by atoms with Gasteiger partial charge in [-0.25, -0.2) is 9.78 Å². The van der Waals surface area contributed by atoms with Crippen LogP contribution in [0.25, 0.3) is 0 Å². The first-order valence-electron chi connectivity index (χ1n) is 6.28. The summed E-state index contributed by atoms with van der Waals surface area (Å²) in [6.07, 6.45) is 2.79. The van der Waals surface area contributed by atoms with Gasteiger partial charge in [0.2, 0.25) is 0 Å². The highest BCUT2D eigenvalue weighted by molar-refractivity contribution is 6.33. The Bertz CT molecular complexity index is 548. The number of nitrogens with zero attached hydrogens (tertiary/aromatic N) is 3. The van der Waals surface area contributed by atoms with Crippen molar-refractivity contribution in [3.63, 3.8) is 0 Å². The minimum atomic E-state index is -0.881. The molecule has 1 N–H and O–H groups in total. The molecule has 1 fully saturated rings. The minimum absolute atomic E-state index is 0.192. The van der Waals surface area contributed by atoms with Crippen LogP contribution in [0.1, 0.15) is 23.2 Å². The highest BCUT2D eigenvalue weighted by Gasteiger charge is 2.32. The summed E-state index contributed by atoms with van der Waals surface area (Å²) in [5.41, 5.74) is 0.384. The van der Waals surface area contributed by atoms with Gasteiger partial charge < -0.3 is 14.9 Å². The van der Waals surface area contributed by atoms with Crippen molar-refractivity contribution in [3.8, 4) is 0 Å². The van der Waals surface area contributed by atoms with E-state index in [-0.39, 0.29) is 5.91 Å². The second-order valence-corrected chi connectivity index (χ2v) is 5.33. The van der Waals surface area contributed by atoms with Crippen LogP contribution in [0.2, 0.25) is 5.02 Å². The van der Waals surface area contributed by atoms with Gasteiger partial charge in [-0.2, -0.15) is 0 Å². The molecule has 0 spiro atoms. The van der Waals surface area contributed by atoms with Gasteiger partial charge in [-0.1, -0.05) is 11.6 Å². The molecular weight excluding hydrogens is 282 g/mol. The number of anilines is 1. The van der Waals surface area contributed by atoms with E-state index in [1.165, 1.54) is 17.2 Å². The van der Waals surface area contributed by atoms with E-state index in [0.717, 1.165) is 6.42 Å². The molecule has 2 rings (SSSR count). The number of rotatable bonds is 3. The zero-order valence-corrected chi connectivity index (χ0v) is 12.1. The molecule has 1 aliphatic heterocycles. The molecule has 0 radical (unpaired) electrons. The van der Waals surface area contributed by atoms with Crippen molar-refractivity contribution in [2.75, 3.05) is 25.5 Å². The van der Waals surface area contributed by atoms with Crippen molar-refractivity contribution in [2.24, 2.45) is 0 Å². The van der Waals surface area contributed by atoms with Crippen molar-refractivity contribution in [1.29, 1.82) is 0 Å². The Balaban J connectivity index is 2.30. The van der Waals surface area contributed by atoms with Crippen LogP contribution >= 0.6 is 11.6 Å². The first-order valence-corrected chi connectivity index (χ1v) is 6.66. The largest absolute Gasteiger partial charge is 0.480 e. The van der Waals surface area contributed by atoms with Crippen molar-refractivity contribution >= 4 is 29.3 Å². The number of carboxylic acids is 1. The van der Waals surface area contributed by atoms with Gasteiger partial charge in [0, 0.05) is 26.8 Å². The number of carbonyl (C=O) groups is 2. The number of hydrogen-bond acceptors (Lipinski definition) is 4. The predicted octanol–water partition coefficient (Wildman–Crippen LogP) is 1.49. The van der Waals surface area contributed by atoms with Gasteiger partial charge in [-0.3, -0.25) is 4.79 Å². The van der Waals surface area contributed by atoms with E-state index in [2.05, 4.69) is 4.98 Å². The number of carboxylic acid groups (broad SMARTS) is 1. The van der Waals surface area contributed by atoms with Crippen LogP contribution in [0.3, 0.4) is 0 Å². The molecule has 20 heavy (non-hydrogen) atoms. The van der Waals surface area contributed by atoms with Crippen LogP contribution in [0.4, 0.5) is 5.82 Å². The quantitative estimate of drug-likeness (QED) is 0.915. The van der Waals surface area contributed by atoms with E-state index in [9.17, 15) is 14.7 Å². The summed E-state index contributed by atoms with van der Waals surface area (Å²) >= 11 is 6.16. The van der Waals surface area contributed by atoms with Crippen LogP contribution in [-0.4, -0.2) is 53.5 Å². The lowest BCUT2D eigenvalue weighted by atomic mass is 10.2. The van der Waals surface area contributed by atoms with E-state index < -0.39 is 12.0 Å². The van der Waals surface area contributed by atoms with Crippen LogP contribution < -0.4 is 4.90 Å². The van der Waals surface area contributed by atoms with E-state index in [1.54, 1.807) is 19.0 Å². The van der Waals surface area contributed by atoms with Crippen LogP contribution in [0.15, 0.2) is 12.3 Å². The molecule has 0 bridgehead atoms. The normalized spacial score (nSPS) is 18.1. The number of amides is 1. The maximum atomic E-state index is 11.8. The van der Waals surface area contributed by atoms with Gasteiger partial charge in [0.1, 0.15) is 11.9 Å². The van der Waals surface area contributed by atoms with E-state index in [0.29, 0.717) is 29.4 Å². The Labute approximate surface area is 122 Å². The fourth-order valence-corrected chi connectivity index (χ4v) is 2.57. The predicted molar refractivity (Wildman–Crippen MR) is 75.3 cm³/mol. The van der Waals surface area contributed by atoms with Crippen LogP contribution in [0.5, 0.6) is 0 Å². The summed E-state index contributed by atoms with van der Waals surface area (Å²) in [6.45, 7) is 0.602. The van der Waals surface area contributed by atoms with Crippen molar-refractivity contribution < 1.29 is 14.7 Å². The standard InChI is InChI=1S/C13H16ClN3O3/c1-16(2)12(18)8-6-9(14)11(15-7-8)17-5-3-4-10(17)13(19)20/h6-7,10H,3-5H2,1-2H3,(H,19,20). The SMILES string of the molecule is CN(C)C(=O)c1cnc(N2CCCC2C(=O)O)c(Cl)c1. The van der Waals surface area contributed by atoms with Gasteiger partial charge in [-0.15, -0.1) is 0 Å². The molecule has 1 aromatic rings. The van der Waals surface area contributed by atoms with Gasteiger partial charge >= 0.3 is 5.97 Å². The average molecular weight is 298 g/mol. The van der Waals surface area contributed by atoms with Crippen molar-refractivity contribution in [2.45, 2.75) is 18.9 Å². The second kappa shape index (κ2) is 5.66. The molecule has 1 unspecified atom stereocenters. The summed E-state index contributed by atoms with van der Waals surface area (Å²) in [7, 11) is 3.29. The minimum Gasteiger partial charge on any atom is -0.480 e. The average Bonchev–Trinajstić information content (AvgIpc) is 2.86. The Kier molecular flexibility index (Phi) is 4.13. The Morgan fingerprint density at radius 3 is 2.75 bits per heavy atom. The number of aliphatic carboxylic acids is 1. The Morgan fingerprint density at radius 1 is 1.50 bits per heavy atom. The maximum Gasteiger partial charge on any atom is 0.326 e. The lowest BCUT2D eigenvalue weighted by Gasteiger charge is -2.23. The molecule has 1 aromatic heterocycles. The molecule has 0 aromatic carbocycles. The van der Waals surface area contributed by atoms with E-state index >= 15 is 0 Å². The number of aromatic nitrogens is 1. The molecule has 0 aliphatic carbocycles. The molecule has 1 atom stereocenters. The Morgan fingerprint density at radius 2 is 2.20 bits per heavy atom. The monoisotopic (exact) mass is 297 g/mol. The lowest BCUT2D eigenvalue weighted by Crippen LogP contribution is -2.36. The summed E-state index contributed by atoms with van der Waals surface area (Å²) in [4.78, 5) is 30.3. The number of pyridine rings is 1.